The lowest BCUT2D eigenvalue weighted by Crippen LogP contribution is -2.58. The average molecular weight is 305 g/mol. The summed E-state index contributed by atoms with van der Waals surface area (Å²) in [5, 5.41) is 30.5. The molecule has 124 valence electrons. The van der Waals surface area contributed by atoms with E-state index >= 15 is 0 Å². The van der Waals surface area contributed by atoms with E-state index in [-0.39, 0.29) is 25.5 Å². The second-order valence-corrected chi connectivity index (χ2v) is 5.35. The van der Waals surface area contributed by atoms with Crippen molar-refractivity contribution >= 4 is 5.91 Å². The van der Waals surface area contributed by atoms with E-state index in [4.69, 9.17) is 19.7 Å². The number of ether oxygens (including phenoxy) is 2. The summed E-state index contributed by atoms with van der Waals surface area (Å²) >= 11 is 0. The van der Waals surface area contributed by atoms with Crippen LogP contribution in [0.5, 0.6) is 0 Å². The molecule has 0 spiro atoms. The van der Waals surface area contributed by atoms with Crippen LogP contribution < -0.4 is 5.32 Å². The second-order valence-electron chi connectivity index (χ2n) is 5.35. The summed E-state index contributed by atoms with van der Waals surface area (Å²) in [6.45, 7) is 1.82. The summed E-state index contributed by atoms with van der Waals surface area (Å²) in [4.78, 5) is 11.2. The van der Waals surface area contributed by atoms with Crippen LogP contribution in [0, 0.1) is 0 Å². The maximum absolute atomic E-state index is 11.2. The minimum atomic E-state index is -0.806. The molecule has 1 aliphatic rings. The first-order valence-electron chi connectivity index (χ1n) is 7.52. The number of aliphatic hydroxyl groups excluding tert-OH is 3. The highest BCUT2D eigenvalue weighted by atomic mass is 16.7. The predicted octanol–water partition coefficient (Wildman–Crippen LogP) is -0.471. The van der Waals surface area contributed by atoms with Crippen molar-refractivity contribution in [1.82, 2.24) is 5.32 Å². The molecule has 1 rings (SSSR count). The molecular weight excluding hydrogens is 278 g/mol. The zero-order valence-electron chi connectivity index (χ0n) is 12.5. The Bertz CT molecular complexity index is 301. The Labute approximate surface area is 125 Å². The van der Waals surface area contributed by atoms with Crippen molar-refractivity contribution in [3.8, 4) is 0 Å². The van der Waals surface area contributed by atoms with Crippen LogP contribution in [0.25, 0.3) is 0 Å². The molecule has 0 bridgehead atoms. The highest BCUT2D eigenvalue weighted by Crippen LogP contribution is 2.21. The van der Waals surface area contributed by atoms with E-state index in [9.17, 15) is 9.90 Å². The molecule has 1 fully saturated rings. The van der Waals surface area contributed by atoms with E-state index in [2.05, 4.69) is 5.32 Å². The summed E-state index contributed by atoms with van der Waals surface area (Å²) in [6.07, 6.45) is 1.67. The van der Waals surface area contributed by atoms with Crippen LogP contribution in [-0.4, -0.2) is 65.6 Å². The van der Waals surface area contributed by atoms with Crippen LogP contribution >= 0.6 is 0 Å². The van der Waals surface area contributed by atoms with Crippen LogP contribution in [0.15, 0.2) is 0 Å². The number of carbonyl (C=O) groups is 1. The fourth-order valence-electron chi connectivity index (χ4n) is 2.35. The molecule has 0 aromatic heterocycles. The number of carbonyl (C=O) groups excluding carboxylic acids is 1. The molecule has 0 saturated carbocycles. The zero-order chi connectivity index (χ0) is 15.7. The second kappa shape index (κ2) is 10.1. The smallest absolute Gasteiger partial charge is 0.217 e. The van der Waals surface area contributed by atoms with Gasteiger partial charge in [-0.25, -0.2) is 0 Å². The van der Waals surface area contributed by atoms with Gasteiger partial charge in [-0.05, 0) is 12.8 Å². The number of nitrogens with one attached hydrogen (secondary N) is 1. The molecule has 4 atom stereocenters. The van der Waals surface area contributed by atoms with E-state index < -0.39 is 24.5 Å². The van der Waals surface area contributed by atoms with Crippen molar-refractivity contribution < 1.29 is 29.6 Å². The number of hydrogen-bond donors (Lipinski definition) is 4. The normalized spacial score (nSPS) is 29.3. The van der Waals surface area contributed by atoms with Gasteiger partial charge in [0, 0.05) is 26.6 Å². The molecule has 2 unspecified atom stereocenters. The monoisotopic (exact) mass is 305 g/mol. The Hall–Kier alpha value is -0.730. The highest BCUT2D eigenvalue weighted by Gasteiger charge is 2.38. The van der Waals surface area contributed by atoms with Gasteiger partial charge in [0.1, 0.15) is 6.04 Å². The number of unbranched alkanes of at least 4 members (excludes halogenated alkanes) is 3. The van der Waals surface area contributed by atoms with Gasteiger partial charge in [-0.1, -0.05) is 12.8 Å². The average Bonchev–Trinajstić information content (AvgIpc) is 2.45. The number of aliphatic hydroxyl groups is 3. The summed E-state index contributed by atoms with van der Waals surface area (Å²) in [7, 11) is 0. The SMILES string of the molecule is CC(=O)N[C@H]1C(O)CC(CO)O[C@H]1OCCCCCCO. The van der Waals surface area contributed by atoms with Crippen LogP contribution in [0.1, 0.15) is 39.0 Å². The zero-order valence-corrected chi connectivity index (χ0v) is 12.5. The van der Waals surface area contributed by atoms with Crippen LogP contribution in [-0.2, 0) is 14.3 Å². The molecule has 0 aliphatic carbocycles. The van der Waals surface area contributed by atoms with Gasteiger partial charge in [-0.15, -0.1) is 0 Å². The Morgan fingerprint density at radius 3 is 2.62 bits per heavy atom. The van der Waals surface area contributed by atoms with Crippen molar-refractivity contribution in [3.05, 3.63) is 0 Å². The third kappa shape index (κ3) is 6.71. The van der Waals surface area contributed by atoms with Crippen molar-refractivity contribution in [1.29, 1.82) is 0 Å². The fraction of sp³-hybridized carbons (Fsp3) is 0.929. The van der Waals surface area contributed by atoms with Crippen molar-refractivity contribution in [2.75, 3.05) is 19.8 Å². The van der Waals surface area contributed by atoms with Gasteiger partial charge >= 0.3 is 0 Å². The van der Waals surface area contributed by atoms with Crippen molar-refractivity contribution in [2.45, 2.75) is 63.6 Å². The van der Waals surface area contributed by atoms with E-state index in [1.54, 1.807) is 0 Å². The first-order valence-corrected chi connectivity index (χ1v) is 7.52. The minimum Gasteiger partial charge on any atom is -0.396 e. The first kappa shape index (κ1) is 18.3. The lowest BCUT2D eigenvalue weighted by molar-refractivity contribution is -0.237. The van der Waals surface area contributed by atoms with Gasteiger partial charge in [0.05, 0.1) is 18.8 Å². The summed E-state index contributed by atoms with van der Waals surface area (Å²) < 4.78 is 11.2. The van der Waals surface area contributed by atoms with Gasteiger partial charge in [0.2, 0.25) is 5.91 Å². The Balaban J connectivity index is 2.41. The molecule has 1 aliphatic heterocycles. The fourth-order valence-corrected chi connectivity index (χ4v) is 2.35. The maximum Gasteiger partial charge on any atom is 0.217 e. The predicted molar refractivity (Wildman–Crippen MR) is 75.5 cm³/mol. The van der Waals surface area contributed by atoms with Gasteiger partial charge in [-0.3, -0.25) is 4.79 Å². The van der Waals surface area contributed by atoms with Gasteiger partial charge < -0.3 is 30.1 Å². The Morgan fingerprint density at radius 1 is 1.29 bits per heavy atom. The van der Waals surface area contributed by atoms with Crippen molar-refractivity contribution in [3.63, 3.8) is 0 Å². The third-order valence-corrected chi connectivity index (χ3v) is 3.45. The molecule has 7 heteroatoms. The molecule has 1 heterocycles. The van der Waals surface area contributed by atoms with Gasteiger partial charge in [0.15, 0.2) is 6.29 Å². The lowest BCUT2D eigenvalue weighted by Gasteiger charge is -2.39. The minimum absolute atomic E-state index is 0.194. The molecule has 7 nitrogen and oxygen atoms in total. The number of amides is 1. The molecule has 4 N–H and O–H groups in total. The Kier molecular flexibility index (Phi) is 8.79. The Morgan fingerprint density at radius 2 is 2.00 bits per heavy atom. The topological polar surface area (TPSA) is 108 Å². The van der Waals surface area contributed by atoms with E-state index in [0.29, 0.717) is 6.61 Å². The summed E-state index contributed by atoms with van der Waals surface area (Å²) in [5.41, 5.74) is 0. The van der Waals surface area contributed by atoms with Crippen molar-refractivity contribution in [2.24, 2.45) is 0 Å². The summed E-state index contributed by atoms with van der Waals surface area (Å²) in [5.74, 6) is -0.262. The highest BCUT2D eigenvalue weighted by molar-refractivity contribution is 5.73. The van der Waals surface area contributed by atoms with E-state index in [0.717, 1.165) is 25.7 Å². The molecule has 1 saturated heterocycles. The lowest BCUT2D eigenvalue weighted by atomic mass is 10.00. The van der Waals surface area contributed by atoms with Crippen LogP contribution in [0.2, 0.25) is 0 Å². The molecular formula is C14H27NO6. The van der Waals surface area contributed by atoms with Crippen LogP contribution in [0.3, 0.4) is 0 Å². The summed E-state index contributed by atoms with van der Waals surface area (Å²) in [6, 6.07) is -0.622. The van der Waals surface area contributed by atoms with E-state index in [1.807, 2.05) is 0 Å². The molecule has 21 heavy (non-hydrogen) atoms. The molecule has 0 aromatic rings. The molecule has 1 amide bonds. The maximum atomic E-state index is 11.2. The number of hydrogen-bond acceptors (Lipinski definition) is 6. The first-order chi connectivity index (χ1) is 10.1. The third-order valence-electron chi connectivity index (χ3n) is 3.45. The number of rotatable bonds is 9. The van der Waals surface area contributed by atoms with Gasteiger partial charge in [-0.2, -0.15) is 0 Å². The molecule has 0 radical (unpaired) electrons. The molecule has 0 aromatic carbocycles. The van der Waals surface area contributed by atoms with Gasteiger partial charge in [0.25, 0.3) is 0 Å². The quantitative estimate of drug-likeness (QED) is 0.429. The largest absolute Gasteiger partial charge is 0.396 e. The van der Waals surface area contributed by atoms with E-state index in [1.165, 1.54) is 6.92 Å². The van der Waals surface area contributed by atoms with Crippen LogP contribution in [0.4, 0.5) is 0 Å². The standard InChI is InChI=1S/C14H27NO6/c1-10(18)15-13-12(19)8-11(9-17)21-14(13)20-7-5-3-2-4-6-16/h11-14,16-17,19H,2-9H2,1H3,(H,15,18)/t11?,12?,13-,14+/m0/s1.